The first-order valence-electron chi connectivity index (χ1n) is 6.63. The summed E-state index contributed by atoms with van der Waals surface area (Å²) in [5.41, 5.74) is 1.04. The first kappa shape index (κ1) is 15.6. The summed E-state index contributed by atoms with van der Waals surface area (Å²) in [5.74, 6) is 0.469. The molecule has 0 aliphatic rings. The fourth-order valence-corrected chi connectivity index (χ4v) is 2.66. The lowest BCUT2D eigenvalue weighted by Gasteiger charge is -2.09. The molecule has 0 unspecified atom stereocenters. The molecule has 0 amide bonds. The highest BCUT2D eigenvalue weighted by Crippen LogP contribution is 2.11. The summed E-state index contributed by atoms with van der Waals surface area (Å²) in [4.78, 5) is 4.10. The molecule has 1 aromatic carbocycles. The molecule has 0 saturated carbocycles. The van der Waals surface area contributed by atoms with Gasteiger partial charge in [-0.15, -0.1) is 0 Å². The predicted octanol–water partition coefficient (Wildman–Crippen LogP) is 0.781. The number of nitrogens with zero attached hydrogens (tertiary/aromatic N) is 2. The molecule has 1 aromatic heterocycles. The number of nitrogens with one attached hydrogen (secondary N) is 3. The third kappa shape index (κ3) is 4.62. The Hall–Kier alpha value is -1.77. The zero-order valence-corrected chi connectivity index (χ0v) is 12.8. The van der Waals surface area contributed by atoms with E-state index in [4.69, 9.17) is 0 Å². The highest BCUT2D eigenvalue weighted by atomic mass is 32.2. The summed E-state index contributed by atoms with van der Waals surface area (Å²) in [5, 5.41) is 9.54. The van der Waals surface area contributed by atoms with Crippen molar-refractivity contribution < 1.29 is 8.42 Å². The summed E-state index contributed by atoms with van der Waals surface area (Å²) in [6.45, 7) is 4.92. The van der Waals surface area contributed by atoms with Crippen molar-refractivity contribution in [1.82, 2.24) is 25.2 Å². The van der Waals surface area contributed by atoms with Gasteiger partial charge in [0.15, 0.2) is 0 Å². The average Bonchev–Trinajstić information content (AvgIpc) is 2.97. The van der Waals surface area contributed by atoms with Gasteiger partial charge in [-0.05, 0) is 17.7 Å². The van der Waals surface area contributed by atoms with Gasteiger partial charge in [-0.3, -0.25) is 5.10 Å². The Morgan fingerprint density at radius 2 is 1.90 bits per heavy atom. The third-order valence-corrected chi connectivity index (χ3v) is 4.26. The van der Waals surface area contributed by atoms with Gasteiger partial charge in [0.25, 0.3) is 0 Å². The van der Waals surface area contributed by atoms with Gasteiger partial charge in [-0.2, -0.15) is 5.10 Å². The zero-order chi connectivity index (χ0) is 15.3. The third-order valence-electron chi connectivity index (χ3n) is 2.84. The van der Waals surface area contributed by atoms with Gasteiger partial charge in [0.2, 0.25) is 10.0 Å². The molecule has 2 rings (SSSR count). The van der Waals surface area contributed by atoms with Gasteiger partial charge >= 0.3 is 0 Å². The summed E-state index contributed by atoms with van der Waals surface area (Å²) >= 11 is 0. The number of aromatic amines is 1. The van der Waals surface area contributed by atoms with Crippen LogP contribution in [0.1, 0.15) is 25.2 Å². The van der Waals surface area contributed by atoms with Crippen LogP contribution in [0.2, 0.25) is 0 Å². The quantitative estimate of drug-likeness (QED) is 0.702. The van der Waals surface area contributed by atoms with E-state index in [0.29, 0.717) is 18.4 Å². The van der Waals surface area contributed by atoms with Crippen LogP contribution in [0.4, 0.5) is 0 Å². The Kier molecular flexibility index (Phi) is 5.05. The zero-order valence-electron chi connectivity index (χ0n) is 12.0. The number of aromatic nitrogens is 3. The first-order chi connectivity index (χ1) is 9.97. The van der Waals surface area contributed by atoms with E-state index in [0.717, 1.165) is 5.56 Å². The number of hydrogen-bond acceptors (Lipinski definition) is 5. The molecule has 3 N–H and O–H groups in total. The Bertz CT molecular complexity index is 650. The van der Waals surface area contributed by atoms with E-state index in [1.54, 1.807) is 24.3 Å². The normalized spacial score (nSPS) is 12.0. The van der Waals surface area contributed by atoms with Crippen LogP contribution in [-0.4, -0.2) is 29.6 Å². The lowest BCUT2D eigenvalue weighted by Crippen LogP contribution is -2.24. The van der Waals surface area contributed by atoms with E-state index in [1.165, 1.54) is 6.33 Å². The summed E-state index contributed by atoms with van der Waals surface area (Å²) in [7, 11) is -3.54. The smallest absolute Gasteiger partial charge is 0.240 e. The minimum Gasteiger partial charge on any atom is -0.310 e. The second-order valence-corrected chi connectivity index (χ2v) is 6.70. The molecule has 8 heteroatoms. The molecule has 0 aliphatic heterocycles. The highest BCUT2D eigenvalue weighted by Gasteiger charge is 2.14. The van der Waals surface area contributed by atoms with Crippen LogP contribution in [0.5, 0.6) is 0 Å². The van der Waals surface area contributed by atoms with Crippen molar-refractivity contribution in [3.05, 3.63) is 42.0 Å². The van der Waals surface area contributed by atoms with Gasteiger partial charge in [0, 0.05) is 12.6 Å². The maximum absolute atomic E-state index is 12.1. The maximum Gasteiger partial charge on any atom is 0.240 e. The van der Waals surface area contributed by atoms with E-state index in [2.05, 4.69) is 39.1 Å². The minimum absolute atomic E-state index is 0.0823. The van der Waals surface area contributed by atoms with Crippen molar-refractivity contribution in [2.75, 3.05) is 0 Å². The molecule has 0 radical (unpaired) electrons. The molecule has 114 valence electrons. The van der Waals surface area contributed by atoms with Crippen molar-refractivity contribution in [1.29, 1.82) is 0 Å². The van der Waals surface area contributed by atoms with Gasteiger partial charge in [-0.1, -0.05) is 26.0 Å². The Morgan fingerprint density at radius 3 is 2.48 bits per heavy atom. The Morgan fingerprint density at radius 1 is 1.19 bits per heavy atom. The molecule has 0 saturated heterocycles. The standard InChI is InChI=1S/C13H19N5O2S/c1-10(2)14-7-11-3-5-12(6-4-11)21(19,20)17-8-13-15-9-16-18-13/h3-6,9-10,14,17H,7-8H2,1-2H3,(H,15,16,18). The van der Waals surface area contributed by atoms with Gasteiger partial charge < -0.3 is 5.32 Å². The van der Waals surface area contributed by atoms with Crippen LogP contribution >= 0.6 is 0 Å². The van der Waals surface area contributed by atoms with Gasteiger partial charge in [0.1, 0.15) is 12.2 Å². The fourth-order valence-electron chi connectivity index (χ4n) is 1.67. The Labute approximate surface area is 124 Å². The van der Waals surface area contributed by atoms with Crippen molar-refractivity contribution >= 4 is 10.0 Å². The number of H-pyrrole nitrogens is 1. The molecule has 21 heavy (non-hydrogen) atoms. The molecular weight excluding hydrogens is 290 g/mol. The lowest BCUT2D eigenvalue weighted by molar-refractivity contribution is 0.578. The molecule has 1 heterocycles. The van der Waals surface area contributed by atoms with Crippen molar-refractivity contribution in [3.8, 4) is 0 Å². The first-order valence-corrected chi connectivity index (χ1v) is 8.12. The summed E-state index contributed by atoms with van der Waals surface area (Å²) in [6.07, 6.45) is 1.33. The topological polar surface area (TPSA) is 99.8 Å². The largest absolute Gasteiger partial charge is 0.310 e. The van der Waals surface area contributed by atoms with Gasteiger partial charge in [-0.25, -0.2) is 18.1 Å². The van der Waals surface area contributed by atoms with E-state index in [9.17, 15) is 8.42 Å². The maximum atomic E-state index is 12.1. The molecule has 0 fully saturated rings. The summed E-state index contributed by atoms with van der Waals surface area (Å²) in [6, 6.07) is 7.19. The van der Waals surface area contributed by atoms with Crippen LogP contribution in [0.15, 0.2) is 35.5 Å². The molecule has 7 nitrogen and oxygen atoms in total. The number of hydrogen-bond donors (Lipinski definition) is 3. The van der Waals surface area contributed by atoms with Crippen LogP contribution in [0.3, 0.4) is 0 Å². The van der Waals surface area contributed by atoms with Crippen LogP contribution in [0, 0.1) is 0 Å². The fraction of sp³-hybridized carbons (Fsp3) is 0.385. The van der Waals surface area contributed by atoms with Crippen molar-refractivity contribution in [2.24, 2.45) is 0 Å². The van der Waals surface area contributed by atoms with Crippen molar-refractivity contribution in [2.45, 2.75) is 37.9 Å². The number of sulfonamides is 1. The minimum atomic E-state index is -3.54. The molecule has 2 aromatic rings. The molecular formula is C13H19N5O2S. The van der Waals surface area contributed by atoms with Crippen molar-refractivity contribution in [3.63, 3.8) is 0 Å². The second kappa shape index (κ2) is 6.79. The monoisotopic (exact) mass is 309 g/mol. The van der Waals surface area contributed by atoms with E-state index in [1.807, 2.05) is 0 Å². The van der Waals surface area contributed by atoms with E-state index >= 15 is 0 Å². The van der Waals surface area contributed by atoms with E-state index < -0.39 is 10.0 Å². The van der Waals surface area contributed by atoms with Crippen LogP contribution in [0.25, 0.3) is 0 Å². The predicted molar refractivity (Wildman–Crippen MR) is 78.8 cm³/mol. The highest BCUT2D eigenvalue weighted by molar-refractivity contribution is 7.89. The molecule has 0 spiro atoms. The Balaban J connectivity index is 1.99. The van der Waals surface area contributed by atoms with Gasteiger partial charge in [0.05, 0.1) is 11.4 Å². The number of benzene rings is 1. The van der Waals surface area contributed by atoms with E-state index in [-0.39, 0.29) is 11.4 Å². The molecule has 0 atom stereocenters. The number of rotatable bonds is 7. The summed E-state index contributed by atoms with van der Waals surface area (Å²) < 4.78 is 26.7. The van der Waals surface area contributed by atoms with Crippen LogP contribution < -0.4 is 10.0 Å². The lowest BCUT2D eigenvalue weighted by atomic mass is 10.2. The second-order valence-electron chi connectivity index (χ2n) is 4.94. The van der Waals surface area contributed by atoms with Crippen LogP contribution in [-0.2, 0) is 23.1 Å². The molecule has 0 bridgehead atoms. The average molecular weight is 309 g/mol. The molecule has 0 aliphatic carbocycles. The SMILES string of the molecule is CC(C)NCc1ccc(S(=O)(=O)NCc2ncn[nH]2)cc1.